The summed E-state index contributed by atoms with van der Waals surface area (Å²) in [4.78, 5) is 13.7. The lowest BCUT2D eigenvalue weighted by Gasteiger charge is -2.24. The minimum absolute atomic E-state index is 0.0528. The molecule has 0 aliphatic carbocycles. The Bertz CT molecular complexity index is 655. The van der Waals surface area contributed by atoms with E-state index in [0.717, 1.165) is 16.1 Å². The van der Waals surface area contributed by atoms with Gasteiger partial charge in [-0.1, -0.05) is 29.8 Å². The fourth-order valence-corrected chi connectivity index (χ4v) is 2.65. The van der Waals surface area contributed by atoms with Gasteiger partial charge in [0.25, 0.3) is 0 Å². The van der Waals surface area contributed by atoms with Gasteiger partial charge in [-0.25, -0.2) is 0 Å². The molecule has 0 spiro atoms. The molecule has 110 valence electrons. The Morgan fingerprint density at radius 1 is 1.14 bits per heavy atom. The molecular weight excluding hydrogens is 302 g/mol. The highest BCUT2D eigenvalue weighted by atomic mass is 35.5. The number of halogens is 1. The smallest absolute Gasteiger partial charge is 0.234 e. The molecule has 0 aliphatic rings. The highest BCUT2D eigenvalue weighted by Gasteiger charge is 2.30. The molecule has 0 saturated heterocycles. The molecule has 1 N–H and O–H groups in total. The number of carbonyl (C=O) groups excluding carboxylic acids is 1. The predicted octanol–water partition coefficient (Wildman–Crippen LogP) is 4.98. The highest BCUT2D eigenvalue weighted by Crippen LogP contribution is 2.28. The molecule has 2 aromatic carbocycles. The van der Waals surface area contributed by atoms with E-state index in [-0.39, 0.29) is 5.91 Å². The van der Waals surface area contributed by atoms with Crippen molar-refractivity contribution < 1.29 is 4.79 Å². The fraction of sp³-hybridized carbons (Fsp3) is 0.235. The van der Waals surface area contributed by atoms with Crippen LogP contribution in [0.2, 0.25) is 5.02 Å². The summed E-state index contributed by atoms with van der Waals surface area (Å²) in [6.07, 6.45) is 2.01. The maximum absolute atomic E-state index is 12.6. The number of anilines is 1. The Labute approximate surface area is 134 Å². The Morgan fingerprint density at radius 2 is 1.86 bits per heavy atom. The van der Waals surface area contributed by atoms with Crippen LogP contribution in [0, 0.1) is 0 Å². The Balaban J connectivity index is 2.22. The molecule has 2 aromatic rings. The zero-order chi connectivity index (χ0) is 15.5. The van der Waals surface area contributed by atoms with Gasteiger partial charge < -0.3 is 5.32 Å². The topological polar surface area (TPSA) is 29.1 Å². The molecule has 0 bridgehead atoms. The van der Waals surface area contributed by atoms with E-state index in [1.807, 2.05) is 62.6 Å². The number of hydrogen-bond donors (Lipinski definition) is 1. The van der Waals surface area contributed by atoms with Crippen molar-refractivity contribution in [2.75, 3.05) is 11.6 Å². The summed E-state index contributed by atoms with van der Waals surface area (Å²) < 4.78 is 0. The maximum atomic E-state index is 12.6. The summed E-state index contributed by atoms with van der Waals surface area (Å²) in [6, 6.07) is 15.2. The van der Waals surface area contributed by atoms with Crippen LogP contribution in [-0.2, 0) is 10.2 Å². The fourth-order valence-electron chi connectivity index (χ4n) is 2.00. The van der Waals surface area contributed by atoms with E-state index in [1.165, 1.54) is 0 Å². The van der Waals surface area contributed by atoms with E-state index in [0.29, 0.717) is 5.02 Å². The van der Waals surface area contributed by atoms with Crippen LogP contribution >= 0.6 is 23.4 Å². The van der Waals surface area contributed by atoms with Gasteiger partial charge in [-0.05, 0) is 56.0 Å². The number of nitrogens with one attached hydrogen (secondary N) is 1. The van der Waals surface area contributed by atoms with Gasteiger partial charge in [0.1, 0.15) is 0 Å². The molecule has 4 heteroatoms. The van der Waals surface area contributed by atoms with Crippen molar-refractivity contribution in [1.29, 1.82) is 0 Å². The second-order valence-corrected chi connectivity index (χ2v) is 6.64. The first-order valence-electron chi connectivity index (χ1n) is 6.65. The monoisotopic (exact) mass is 319 g/mol. The average Bonchev–Trinajstić information content (AvgIpc) is 2.47. The summed E-state index contributed by atoms with van der Waals surface area (Å²) in [5.41, 5.74) is 1.05. The molecule has 0 radical (unpaired) electrons. The van der Waals surface area contributed by atoms with E-state index >= 15 is 0 Å². The van der Waals surface area contributed by atoms with Gasteiger partial charge in [-0.3, -0.25) is 4.79 Å². The minimum Gasteiger partial charge on any atom is -0.325 e. The maximum Gasteiger partial charge on any atom is 0.234 e. The zero-order valence-corrected chi connectivity index (χ0v) is 13.9. The summed E-state index contributed by atoms with van der Waals surface area (Å²) in [6.45, 7) is 3.79. The van der Waals surface area contributed by atoms with Gasteiger partial charge in [0.05, 0.1) is 5.41 Å². The molecule has 0 atom stereocenters. The zero-order valence-electron chi connectivity index (χ0n) is 12.3. The molecule has 0 saturated carbocycles. The third-order valence-electron chi connectivity index (χ3n) is 3.44. The summed E-state index contributed by atoms with van der Waals surface area (Å²) in [5.74, 6) is -0.0528. The molecule has 0 aliphatic heterocycles. The summed E-state index contributed by atoms with van der Waals surface area (Å²) in [7, 11) is 0. The molecule has 0 heterocycles. The molecule has 0 fully saturated rings. The first kappa shape index (κ1) is 15.9. The Morgan fingerprint density at radius 3 is 2.52 bits per heavy atom. The lowest BCUT2D eigenvalue weighted by Crippen LogP contribution is -2.34. The second kappa shape index (κ2) is 6.54. The van der Waals surface area contributed by atoms with E-state index in [2.05, 4.69) is 5.32 Å². The number of carbonyl (C=O) groups is 1. The van der Waals surface area contributed by atoms with E-state index in [1.54, 1.807) is 17.8 Å². The van der Waals surface area contributed by atoms with Crippen LogP contribution in [0.25, 0.3) is 0 Å². The van der Waals surface area contributed by atoms with Crippen LogP contribution in [0.4, 0.5) is 5.69 Å². The van der Waals surface area contributed by atoms with Crippen LogP contribution in [0.15, 0.2) is 53.4 Å². The molecule has 21 heavy (non-hydrogen) atoms. The van der Waals surface area contributed by atoms with Crippen molar-refractivity contribution in [1.82, 2.24) is 0 Å². The Hall–Kier alpha value is -1.45. The van der Waals surface area contributed by atoms with Gasteiger partial charge >= 0.3 is 0 Å². The number of benzene rings is 2. The van der Waals surface area contributed by atoms with Crippen LogP contribution in [-0.4, -0.2) is 12.2 Å². The standard InChI is InChI=1S/C17H18ClNOS/c1-17(2,12-6-4-7-13(18)10-12)16(20)19-14-8-5-9-15(11-14)21-3/h4-11H,1-3H3,(H,19,20). The molecule has 1 amide bonds. The van der Waals surface area contributed by atoms with Crippen LogP contribution < -0.4 is 5.32 Å². The summed E-state index contributed by atoms with van der Waals surface area (Å²) in [5, 5.41) is 3.62. The quantitative estimate of drug-likeness (QED) is 0.805. The lowest BCUT2D eigenvalue weighted by atomic mass is 9.83. The molecule has 2 rings (SSSR count). The van der Waals surface area contributed by atoms with Gasteiger partial charge in [-0.15, -0.1) is 11.8 Å². The van der Waals surface area contributed by atoms with Crippen molar-refractivity contribution in [2.24, 2.45) is 0 Å². The molecule has 2 nitrogen and oxygen atoms in total. The van der Waals surface area contributed by atoms with Crippen molar-refractivity contribution in [2.45, 2.75) is 24.2 Å². The van der Waals surface area contributed by atoms with Crippen LogP contribution in [0.5, 0.6) is 0 Å². The SMILES string of the molecule is CSc1cccc(NC(=O)C(C)(C)c2cccc(Cl)c2)c1. The minimum atomic E-state index is -0.653. The highest BCUT2D eigenvalue weighted by molar-refractivity contribution is 7.98. The van der Waals surface area contributed by atoms with Gasteiger partial charge in [0.15, 0.2) is 0 Å². The first-order chi connectivity index (χ1) is 9.93. The van der Waals surface area contributed by atoms with Gasteiger partial charge in [0, 0.05) is 15.6 Å². The average molecular weight is 320 g/mol. The lowest BCUT2D eigenvalue weighted by molar-refractivity contribution is -0.120. The Kier molecular flexibility index (Phi) is 4.96. The second-order valence-electron chi connectivity index (χ2n) is 5.32. The molecule has 0 aromatic heterocycles. The van der Waals surface area contributed by atoms with Gasteiger partial charge in [-0.2, -0.15) is 0 Å². The third-order valence-corrected chi connectivity index (χ3v) is 4.40. The number of rotatable bonds is 4. The number of thioether (sulfide) groups is 1. The normalized spacial score (nSPS) is 11.2. The first-order valence-corrected chi connectivity index (χ1v) is 8.25. The van der Waals surface area contributed by atoms with E-state index < -0.39 is 5.41 Å². The van der Waals surface area contributed by atoms with Crippen molar-refractivity contribution >= 4 is 35.0 Å². The largest absolute Gasteiger partial charge is 0.325 e. The van der Waals surface area contributed by atoms with Crippen LogP contribution in [0.1, 0.15) is 19.4 Å². The molecular formula is C17H18ClNOS. The number of hydrogen-bond acceptors (Lipinski definition) is 2. The van der Waals surface area contributed by atoms with Crippen molar-refractivity contribution in [3.63, 3.8) is 0 Å². The van der Waals surface area contributed by atoms with Gasteiger partial charge in [0.2, 0.25) is 5.91 Å². The predicted molar refractivity (Wildman–Crippen MR) is 91.3 cm³/mol. The summed E-state index contributed by atoms with van der Waals surface area (Å²) >= 11 is 7.67. The van der Waals surface area contributed by atoms with Crippen molar-refractivity contribution in [3.8, 4) is 0 Å². The van der Waals surface area contributed by atoms with Crippen LogP contribution in [0.3, 0.4) is 0 Å². The van der Waals surface area contributed by atoms with E-state index in [9.17, 15) is 4.79 Å². The van der Waals surface area contributed by atoms with E-state index in [4.69, 9.17) is 11.6 Å². The number of amides is 1. The van der Waals surface area contributed by atoms with Crippen molar-refractivity contribution in [3.05, 3.63) is 59.1 Å². The molecule has 0 unspecified atom stereocenters. The third kappa shape index (κ3) is 3.80.